The highest BCUT2D eigenvalue weighted by molar-refractivity contribution is 6.36. The minimum atomic E-state index is -0.427. The maximum absolute atomic E-state index is 12.3. The Labute approximate surface area is 176 Å². The normalized spacial score (nSPS) is 12.4. The zero-order valence-electron chi connectivity index (χ0n) is 17.0. The van der Waals surface area contributed by atoms with E-state index in [1.165, 1.54) is 6.07 Å². The molecule has 0 heterocycles. The van der Waals surface area contributed by atoms with Crippen LogP contribution in [0, 0.1) is 0 Å². The van der Waals surface area contributed by atoms with Crippen molar-refractivity contribution in [1.29, 1.82) is 0 Å². The largest absolute Gasteiger partial charge is 0.507 e. The van der Waals surface area contributed by atoms with Crippen molar-refractivity contribution in [3.05, 3.63) is 62.6 Å². The third kappa shape index (κ3) is 5.27. The summed E-state index contributed by atoms with van der Waals surface area (Å²) in [6.45, 7) is 12.2. The van der Waals surface area contributed by atoms with Gasteiger partial charge in [-0.2, -0.15) is 5.10 Å². The van der Waals surface area contributed by atoms with Gasteiger partial charge in [-0.1, -0.05) is 64.7 Å². The molecule has 150 valence electrons. The molecule has 4 nitrogen and oxygen atoms in total. The molecule has 0 aromatic heterocycles. The molecule has 0 bridgehead atoms. The first-order valence-electron chi connectivity index (χ1n) is 8.97. The molecule has 6 heteroatoms. The Morgan fingerprint density at radius 2 is 1.54 bits per heavy atom. The Morgan fingerprint density at radius 3 is 2.00 bits per heavy atom. The predicted molar refractivity (Wildman–Crippen MR) is 117 cm³/mol. The summed E-state index contributed by atoms with van der Waals surface area (Å²) >= 11 is 11.9. The van der Waals surface area contributed by atoms with Crippen molar-refractivity contribution in [3.8, 4) is 5.75 Å². The fourth-order valence-corrected chi connectivity index (χ4v) is 3.27. The summed E-state index contributed by atoms with van der Waals surface area (Å²) < 4.78 is 0. The number of rotatable bonds is 3. The monoisotopic (exact) mass is 420 g/mol. The third-order valence-electron chi connectivity index (χ3n) is 4.30. The fourth-order valence-electron chi connectivity index (χ4n) is 2.77. The molecule has 0 fully saturated rings. The number of hydrogen-bond donors (Lipinski definition) is 2. The molecule has 0 spiro atoms. The molecular weight excluding hydrogens is 395 g/mol. The lowest BCUT2D eigenvalue weighted by Gasteiger charge is -2.27. The summed E-state index contributed by atoms with van der Waals surface area (Å²) in [4.78, 5) is 12.3. The summed E-state index contributed by atoms with van der Waals surface area (Å²) in [6.07, 6.45) is 1.56. The molecular formula is C22H26Cl2N2O2. The molecule has 28 heavy (non-hydrogen) atoms. The number of nitrogens with one attached hydrogen (secondary N) is 1. The van der Waals surface area contributed by atoms with Crippen LogP contribution in [0.15, 0.2) is 35.4 Å². The van der Waals surface area contributed by atoms with Gasteiger partial charge in [-0.3, -0.25) is 4.79 Å². The summed E-state index contributed by atoms with van der Waals surface area (Å²) in [6, 6.07) is 8.42. The van der Waals surface area contributed by atoms with Gasteiger partial charge in [0.15, 0.2) is 0 Å². The number of halogens is 2. The van der Waals surface area contributed by atoms with Gasteiger partial charge in [0.25, 0.3) is 5.91 Å². The van der Waals surface area contributed by atoms with E-state index in [4.69, 9.17) is 23.2 Å². The van der Waals surface area contributed by atoms with Crippen molar-refractivity contribution in [2.45, 2.75) is 52.4 Å². The number of carbonyl (C=O) groups excluding carboxylic acids is 1. The SMILES string of the molecule is CC(C)(C)c1cc(/C=N\NC(=O)c2ccc(Cl)cc2Cl)cc(C(C)(C)C)c1O. The van der Waals surface area contributed by atoms with Gasteiger partial charge in [0, 0.05) is 16.1 Å². The third-order valence-corrected chi connectivity index (χ3v) is 4.85. The van der Waals surface area contributed by atoms with Gasteiger partial charge >= 0.3 is 0 Å². The number of nitrogens with zero attached hydrogens (tertiary/aromatic N) is 1. The van der Waals surface area contributed by atoms with E-state index >= 15 is 0 Å². The Kier molecular flexibility index (Phi) is 6.47. The molecule has 0 aliphatic carbocycles. The maximum Gasteiger partial charge on any atom is 0.272 e. The Morgan fingerprint density at radius 1 is 1.00 bits per heavy atom. The van der Waals surface area contributed by atoms with E-state index in [0.29, 0.717) is 16.3 Å². The standard InChI is InChI=1S/C22H26Cl2N2O2/c1-21(2,3)16-9-13(10-17(19(16)27)22(4,5)6)12-25-26-20(28)15-8-7-14(23)11-18(15)24/h7-12,27H,1-6H3,(H,26,28)/b25-12-. The zero-order valence-corrected chi connectivity index (χ0v) is 18.5. The molecule has 2 rings (SSSR count). The maximum atomic E-state index is 12.3. The van der Waals surface area contributed by atoms with Crippen molar-refractivity contribution >= 4 is 35.3 Å². The first-order valence-corrected chi connectivity index (χ1v) is 9.72. The summed E-state index contributed by atoms with van der Waals surface area (Å²) in [5.41, 5.74) is 4.73. The number of hydrazone groups is 1. The number of carbonyl (C=O) groups is 1. The van der Waals surface area contributed by atoms with Crippen LogP contribution in [-0.4, -0.2) is 17.2 Å². The lowest BCUT2D eigenvalue weighted by Crippen LogP contribution is -2.19. The highest BCUT2D eigenvalue weighted by Gasteiger charge is 2.26. The van der Waals surface area contributed by atoms with Crippen molar-refractivity contribution in [2.75, 3.05) is 0 Å². The van der Waals surface area contributed by atoms with E-state index in [1.54, 1.807) is 18.3 Å². The summed E-state index contributed by atoms with van der Waals surface area (Å²) in [7, 11) is 0. The van der Waals surface area contributed by atoms with Gasteiger partial charge in [-0.15, -0.1) is 0 Å². The minimum Gasteiger partial charge on any atom is -0.507 e. The van der Waals surface area contributed by atoms with Crippen LogP contribution in [0.4, 0.5) is 0 Å². The quantitative estimate of drug-likeness (QED) is 0.468. The van der Waals surface area contributed by atoms with Crippen molar-refractivity contribution in [1.82, 2.24) is 5.43 Å². The lowest BCUT2D eigenvalue weighted by molar-refractivity contribution is 0.0955. The highest BCUT2D eigenvalue weighted by atomic mass is 35.5. The van der Waals surface area contributed by atoms with Crippen LogP contribution in [0.3, 0.4) is 0 Å². The molecule has 0 aliphatic rings. The van der Waals surface area contributed by atoms with Crippen LogP contribution in [0.25, 0.3) is 0 Å². The molecule has 0 atom stereocenters. The van der Waals surface area contributed by atoms with E-state index in [1.807, 2.05) is 53.7 Å². The van der Waals surface area contributed by atoms with E-state index < -0.39 is 5.91 Å². The first kappa shape index (κ1) is 22.3. The van der Waals surface area contributed by atoms with Crippen molar-refractivity contribution in [2.24, 2.45) is 5.10 Å². The van der Waals surface area contributed by atoms with Crippen LogP contribution in [0.1, 0.15) is 68.6 Å². The smallest absolute Gasteiger partial charge is 0.272 e. The van der Waals surface area contributed by atoms with E-state index in [0.717, 1.165) is 16.7 Å². The molecule has 0 unspecified atom stereocenters. The van der Waals surface area contributed by atoms with Gasteiger partial charge in [0.1, 0.15) is 5.75 Å². The minimum absolute atomic E-state index is 0.242. The number of amides is 1. The van der Waals surface area contributed by atoms with E-state index in [2.05, 4.69) is 10.5 Å². The van der Waals surface area contributed by atoms with Gasteiger partial charge in [0.05, 0.1) is 16.8 Å². The van der Waals surface area contributed by atoms with Crippen LogP contribution >= 0.6 is 23.2 Å². The van der Waals surface area contributed by atoms with Crippen LogP contribution < -0.4 is 5.43 Å². The lowest BCUT2D eigenvalue weighted by atomic mass is 9.78. The van der Waals surface area contributed by atoms with E-state index in [-0.39, 0.29) is 15.9 Å². The number of phenolic OH excluding ortho intramolecular Hbond substituents is 1. The molecule has 2 aromatic rings. The molecule has 2 N–H and O–H groups in total. The molecule has 0 saturated carbocycles. The first-order chi connectivity index (χ1) is 12.8. The van der Waals surface area contributed by atoms with Gasteiger partial charge < -0.3 is 5.11 Å². The number of benzene rings is 2. The predicted octanol–water partition coefficient (Wildman–Crippen LogP) is 6.06. The Hall–Kier alpha value is -2.04. The second kappa shape index (κ2) is 8.14. The molecule has 2 aromatic carbocycles. The molecule has 1 amide bonds. The van der Waals surface area contributed by atoms with Gasteiger partial charge in [-0.05, 0) is 46.7 Å². The Balaban J connectivity index is 2.33. The second-order valence-corrected chi connectivity index (χ2v) is 9.63. The summed E-state index contributed by atoms with van der Waals surface area (Å²) in [5.74, 6) is -0.127. The van der Waals surface area contributed by atoms with E-state index in [9.17, 15) is 9.90 Å². The average molecular weight is 421 g/mol. The molecule has 0 radical (unpaired) electrons. The molecule has 0 saturated heterocycles. The second-order valence-electron chi connectivity index (χ2n) is 8.79. The van der Waals surface area contributed by atoms with Crippen LogP contribution in [0.5, 0.6) is 5.75 Å². The highest BCUT2D eigenvalue weighted by Crippen LogP contribution is 2.39. The zero-order chi connectivity index (χ0) is 21.3. The average Bonchev–Trinajstić information content (AvgIpc) is 2.53. The van der Waals surface area contributed by atoms with Crippen molar-refractivity contribution in [3.63, 3.8) is 0 Å². The van der Waals surface area contributed by atoms with Gasteiger partial charge in [-0.25, -0.2) is 5.43 Å². The van der Waals surface area contributed by atoms with Crippen molar-refractivity contribution < 1.29 is 9.90 Å². The fraction of sp³-hybridized carbons (Fsp3) is 0.364. The van der Waals surface area contributed by atoms with Crippen LogP contribution in [0.2, 0.25) is 10.0 Å². The van der Waals surface area contributed by atoms with Gasteiger partial charge in [0.2, 0.25) is 0 Å². The summed E-state index contributed by atoms with van der Waals surface area (Å²) in [5, 5.41) is 15.5. The Bertz CT molecular complexity index is 888. The molecule has 0 aliphatic heterocycles. The topological polar surface area (TPSA) is 61.7 Å². The number of hydrogen-bond acceptors (Lipinski definition) is 3. The van der Waals surface area contributed by atoms with Crippen LogP contribution in [-0.2, 0) is 10.8 Å². The number of phenols is 1. The number of aromatic hydroxyl groups is 1.